The standard InChI is InChI=1S/C25H21N3O2/c1-28-22-11-7-6-10-21(22)27-25(28)20(16-26)14-19-12-13-23(24(15-19)29-2)30-17-18-8-4-3-5-9-18/h3-15H,17H2,1-2H3. The number of aryl methyl sites for hydroxylation is 1. The van der Waals surface area contributed by atoms with Gasteiger partial charge in [-0.1, -0.05) is 48.5 Å². The molecule has 0 atom stereocenters. The number of hydrogen-bond donors (Lipinski definition) is 0. The normalized spacial score (nSPS) is 11.3. The van der Waals surface area contributed by atoms with E-state index in [9.17, 15) is 5.26 Å². The van der Waals surface area contributed by atoms with E-state index in [0.29, 0.717) is 29.5 Å². The van der Waals surface area contributed by atoms with Gasteiger partial charge in [0, 0.05) is 7.05 Å². The molecule has 148 valence electrons. The summed E-state index contributed by atoms with van der Waals surface area (Å²) in [6, 6.07) is 25.7. The lowest BCUT2D eigenvalue weighted by molar-refractivity contribution is 0.284. The van der Waals surface area contributed by atoms with E-state index in [0.717, 1.165) is 22.2 Å². The summed E-state index contributed by atoms with van der Waals surface area (Å²) < 4.78 is 13.4. The summed E-state index contributed by atoms with van der Waals surface area (Å²) in [5.41, 5.74) is 4.24. The van der Waals surface area contributed by atoms with E-state index in [1.54, 1.807) is 7.11 Å². The maximum absolute atomic E-state index is 9.75. The molecule has 0 aliphatic heterocycles. The van der Waals surface area contributed by atoms with Crippen molar-refractivity contribution < 1.29 is 9.47 Å². The Kier molecular flexibility index (Phi) is 5.49. The molecule has 0 N–H and O–H groups in total. The molecule has 3 aromatic carbocycles. The molecule has 0 amide bonds. The monoisotopic (exact) mass is 395 g/mol. The third kappa shape index (κ3) is 3.89. The topological polar surface area (TPSA) is 60.1 Å². The van der Waals surface area contributed by atoms with Crippen molar-refractivity contribution >= 4 is 22.7 Å². The van der Waals surface area contributed by atoms with Crippen molar-refractivity contribution in [2.24, 2.45) is 7.05 Å². The number of nitriles is 1. The summed E-state index contributed by atoms with van der Waals surface area (Å²) in [6.45, 7) is 0.454. The van der Waals surface area contributed by atoms with Crippen LogP contribution >= 0.6 is 0 Å². The average Bonchev–Trinajstić information content (AvgIpc) is 3.13. The minimum atomic E-state index is 0.454. The molecule has 0 bridgehead atoms. The van der Waals surface area contributed by atoms with Crippen molar-refractivity contribution in [2.45, 2.75) is 6.61 Å². The largest absolute Gasteiger partial charge is 0.493 e. The molecule has 0 aliphatic rings. The van der Waals surface area contributed by atoms with Crippen molar-refractivity contribution in [3.63, 3.8) is 0 Å². The number of para-hydroxylation sites is 2. The number of benzene rings is 3. The highest BCUT2D eigenvalue weighted by Gasteiger charge is 2.13. The number of fused-ring (bicyclic) bond motifs is 1. The van der Waals surface area contributed by atoms with E-state index in [4.69, 9.17) is 9.47 Å². The van der Waals surface area contributed by atoms with Crippen LogP contribution in [0.2, 0.25) is 0 Å². The van der Waals surface area contributed by atoms with E-state index in [1.165, 1.54) is 0 Å². The summed E-state index contributed by atoms with van der Waals surface area (Å²) >= 11 is 0. The predicted molar refractivity (Wildman–Crippen MR) is 118 cm³/mol. The first kappa shape index (κ1) is 19.3. The van der Waals surface area contributed by atoms with Crippen molar-refractivity contribution in [1.82, 2.24) is 9.55 Å². The molecule has 5 nitrogen and oxygen atoms in total. The van der Waals surface area contributed by atoms with E-state index in [-0.39, 0.29) is 0 Å². The molecule has 0 fully saturated rings. The summed E-state index contributed by atoms with van der Waals surface area (Å²) in [5.74, 6) is 1.89. The molecule has 0 saturated heterocycles. The van der Waals surface area contributed by atoms with Crippen LogP contribution in [-0.4, -0.2) is 16.7 Å². The Bertz CT molecular complexity index is 1250. The van der Waals surface area contributed by atoms with E-state index < -0.39 is 0 Å². The van der Waals surface area contributed by atoms with Crippen LogP contribution in [0.25, 0.3) is 22.7 Å². The lowest BCUT2D eigenvalue weighted by atomic mass is 10.1. The van der Waals surface area contributed by atoms with Gasteiger partial charge in [-0.2, -0.15) is 5.26 Å². The van der Waals surface area contributed by atoms with Crippen LogP contribution in [0.5, 0.6) is 11.5 Å². The molecular weight excluding hydrogens is 374 g/mol. The summed E-state index contributed by atoms with van der Waals surface area (Å²) in [4.78, 5) is 4.62. The molecule has 0 unspecified atom stereocenters. The molecule has 1 aromatic heterocycles. The third-order valence-electron chi connectivity index (χ3n) is 4.88. The average molecular weight is 395 g/mol. The summed E-state index contributed by atoms with van der Waals surface area (Å²) in [7, 11) is 3.52. The highest BCUT2D eigenvalue weighted by Crippen LogP contribution is 2.31. The fourth-order valence-electron chi connectivity index (χ4n) is 3.33. The zero-order valence-electron chi connectivity index (χ0n) is 16.9. The second-order valence-electron chi connectivity index (χ2n) is 6.84. The SMILES string of the molecule is COc1cc(C=C(C#N)c2nc3ccccc3n2C)ccc1OCc1ccccc1. The van der Waals surface area contributed by atoms with Gasteiger partial charge in [-0.25, -0.2) is 4.98 Å². The zero-order valence-corrected chi connectivity index (χ0v) is 16.9. The van der Waals surface area contributed by atoms with Crippen LogP contribution in [0.1, 0.15) is 17.0 Å². The lowest BCUT2D eigenvalue weighted by Crippen LogP contribution is -1.98. The lowest BCUT2D eigenvalue weighted by Gasteiger charge is -2.11. The van der Waals surface area contributed by atoms with Gasteiger partial charge in [-0.15, -0.1) is 0 Å². The van der Waals surface area contributed by atoms with Crippen molar-refractivity contribution in [3.8, 4) is 17.6 Å². The van der Waals surface area contributed by atoms with Crippen LogP contribution < -0.4 is 9.47 Å². The predicted octanol–water partition coefficient (Wildman–Crippen LogP) is 5.23. The first-order valence-corrected chi connectivity index (χ1v) is 9.58. The van der Waals surface area contributed by atoms with Gasteiger partial charge in [0.1, 0.15) is 12.7 Å². The van der Waals surface area contributed by atoms with Crippen LogP contribution in [0, 0.1) is 11.3 Å². The molecule has 5 heteroatoms. The van der Waals surface area contributed by atoms with Gasteiger partial charge >= 0.3 is 0 Å². The maximum Gasteiger partial charge on any atom is 0.161 e. The third-order valence-corrected chi connectivity index (χ3v) is 4.88. The van der Waals surface area contributed by atoms with Crippen molar-refractivity contribution in [1.29, 1.82) is 5.26 Å². The Morgan fingerprint density at radius 1 is 1.03 bits per heavy atom. The second-order valence-corrected chi connectivity index (χ2v) is 6.84. The molecule has 4 aromatic rings. The molecule has 0 spiro atoms. The fourth-order valence-corrected chi connectivity index (χ4v) is 3.33. The Morgan fingerprint density at radius 2 is 1.80 bits per heavy atom. The smallest absolute Gasteiger partial charge is 0.161 e. The number of aromatic nitrogens is 2. The maximum atomic E-state index is 9.75. The molecule has 0 aliphatic carbocycles. The van der Waals surface area contributed by atoms with E-state index >= 15 is 0 Å². The Balaban J connectivity index is 1.63. The van der Waals surface area contributed by atoms with Gasteiger partial charge in [0.05, 0.1) is 23.7 Å². The van der Waals surface area contributed by atoms with Gasteiger partial charge in [0.15, 0.2) is 17.3 Å². The number of ether oxygens (including phenoxy) is 2. The van der Waals surface area contributed by atoms with Crippen molar-refractivity contribution in [2.75, 3.05) is 7.11 Å². The minimum Gasteiger partial charge on any atom is -0.493 e. The molecule has 0 radical (unpaired) electrons. The van der Waals surface area contributed by atoms with Crippen LogP contribution in [0.15, 0.2) is 72.8 Å². The van der Waals surface area contributed by atoms with E-state index in [1.807, 2.05) is 90.5 Å². The number of nitrogens with zero attached hydrogens (tertiary/aromatic N) is 3. The number of allylic oxidation sites excluding steroid dienone is 1. The number of hydrogen-bond acceptors (Lipinski definition) is 4. The highest BCUT2D eigenvalue weighted by atomic mass is 16.5. The van der Waals surface area contributed by atoms with Gasteiger partial charge in [-0.05, 0) is 41.5 Å². The van der Waals surface area contributed by atoms with E-state index in [2.05, 4.69) is 11.1 Å². The Morgan fingerprint density at radius 3 is 2.53 bits per heavy atom. The summed E-state index contributed by atoms with van der Waals surface area (Å²) in [6.07, 6.45) is 1.81. The molecule has 30 heavy (non-hydrogen) atoms. The summed E-state index contributed by atoms with van der Waals surface area (Å²) in [5, 5.41) is 9.75. The van der Waals surface area contributed by atoms with Crippen LogP contribution in [0.3, 0.4) is 0 Å². The second kappa shape index (κ2) is 8.54. The molecule has 0 saturated carbocycles. The first-order valence-electron chi connectivity index (χ1n) is 9.58. The van der Waals surface area contributed by atoms with Crippen LogP contribution in [0.4, 0.5) is 0 Å². The molecular formula is C25H21N3O2. The molecule has 4 rings (SSSR count). The Hall–Kier alpha value is -4.04. The van der Waals surface area contributed by atoms with Gasteiger partial charge in [0.25, 0.3) is 0 Å². The number of methoxy groups -OCH3 is 1. The van der Waals surface area contributed by atoms with Gasteiger partial charge < -0.3 is 14.0 Å². The first-order chi connectivity index (χ1) is 14.7. The zero-order chi connectivity index (χ0) is 20.9. The van der Waals surface area contributed by atoms with Crippen molar-refractivity contribution in [3.05, 3.63) is 89.7 Å². The highest BCUT2D eigenvalue weighted by molar-refractivity contribution is 5.91. The van der Waals surface area contributed by atoms with Crippen LogP contribution in [-0.2, 0) is 13.7 Å². The van der Waals surface area contributed by atoms with Gasteiger partial charge in [-0.3, -0.25) is 0 Å². The number of rotatable bonds is 6. The minimum absolute atomic E-state index is 0.454. The molecule has 1 heterocycles. The van der Waals surface area contributed by atoms with Gasteiger partial charge in [0.2, 0.25) is 0 Å². The fraction of sp³-hybridized carbons (Fsp3) is 0.120. The number of imidazole rings is 1. The Labute approximate surface area is 175 Å². The quantitative estimate of drug-likeness (QED) is 0.420.